The fraction of sp³-hybridized carbons (Fsp3) is 0.545. The van der Waals surface area contributed by atoms with Crippen molar-refractivity contribution in [1.82, 2.24) is 36.6 Å². The van der Waals surface area contributed by atoms with Gasteiger partial charge in [-0.3, -0.25) is 24.0 Å². The number of phenolic OH excluding ortho intramolecular Hbond substituents is 1. The number of aliphatic carboxylic acids is 1. The van der Waals surface area contributed by atoms with Gasteiger partial charge in [0.15, 0.2) is 0 Å². The Labute approximate surface area is 301 Å². The van der Waals surface area contributed by atoms with Gasteiger partial charge >= 0.3 is 5.97 Å². The zero-order valence-corrected chi connectivity index (χ0v) is 30.1. The number of aliphatic hydroxyl groups is 1. The van der Waals surface area contributed by atoms with Crippen LogP contribution in [0.4, 0.5) is 0 Å². The summed E-state index contributed by atoms with van der Waals surface area (Å²) in [4.78, 5) is 85.3. The number of phenols is 1. The number of hydrogen-bond acceptors (Lipinski definition) is 11. The molecule has 5 amide bonds. The van der Waals surface area contributed by atoms with Gasteiger partial charge in [-0.05, 0) is 42.9 Å². The molecule has 18 heteroatoms. The van der Waals surface area contributed by atoms with Gasteiger partial charge in [-0.15, -0.1) is 0 Å². The van der Waals surface area contributed by atoms with Gasteiger partial charge in [-0.1, -0.05) is 39.8 Å². The number of nitrogens with one attached hydrogen (secondary N) is 6. The van der Waals surface area contributed by atoms with Crippen molar-refractivity contribution in [2.45, 2.75) is 96.2 Å². The van der Waals surface area contributed by atoms with E-state index in [0.717, 1.165) is 0 Å². The van der Waals surface area contributed by atoms with Gasteiger partial charge in [0.25, 0.3) is 0 Å². The van der Waals surface area contributed by atoms with Crippen LogP contribution in [0.3, 0.4) is 0 Å². The predicted molar refractivity (Wildman–Crippen MR) is 189 cm³/mol. The van der Waals surface area contributed by atoms with Crippen LogP contribution in [0.2, 0.25) is 0 Å². The Bertz CT molecular complexity index is 1470. The Morgan fingerprint density at radius 2 is 1.31 bits per heavy atom. The molecule has 7 unspecified atom stereocenters. The van der Waals surface area contributed by atoms with E-state index >= 15 is 0 Å². The minimum Gasteiger partial charge on any atom is -0.508 e. The van der Waals surface area contributed by atoms with Gasteiger partial charge in [0.05, 0.1) is 18.5 Å². The Morgan fingerprint density at radius 1 is 0.784 bits per heavy atom. The summed E-state index contributed by atoms with van der Waals surface area (Å²) >= 11 is 3.96. The van der Waals surface area contributed by atoms with Crippen LogP contribution in [0.15, 0.2) is 36.8 Å². The Morgan fingerprint density at radius 3 is 1.80 bits per heavy atom. The second-order valence-electron chi connectivity index (χ2n) is 13.0. The molecule has 0 aliphatic carbocycles. The van der Waals surface area contributed by atoms with Crippen LogP contribution < -0.4 is 32.3 Å². The van der Waals surface area contributed by atoms with E-state index < -0.39 is 77.9 Å². The van der Waals surface area contributed by atoms with Gasteiger partial charge in [0.2, 0.25) is 29.5 Å². The van der Waals surface area contributed by atoms with Crippen molar-refractivity contribution in [2.75, 3.05) is 5.75 Å². The van der Waals surface area contributed by atoms with Crippen molar-refractivity contribution >= 4 is 48.1 Å². The van der Waals surface area contributed by atoms with Gasteiger partial charge < -0.3 is 52.6 Å². The number of aromatic hydroxyl groups is 1. The lowest BCUT2D eigenvalue weighted by Gasteiger charge is -2.29. The molecule has 0 radical (unpaired) electrons. The average molecular weight is 735 g/mol. The highest BCUT2D eigenvalue weighted by molar-refractivity contribution is 7.80. The first kappa shape index (κ1) is 42.5. The molecule has 0 bridgehead atoms. The van der Waals surface area contributed by atoms with Crippen molar-refractivity contribution in [3.8, 4) is 5.75 Å². The van der Waals surface area contributed by atoms with E-state index in [2.05, 4.69) is 49.2 Å². The lowest BCUT2D eigenvalue weighted by atomic mass is 10.00. The number of carbonyl (C=O) groups is 6. The number of hydrogen-bond donors (Lipinski definition) is 11. The van der Waals surface area contributed by atoms with Crippen molar-refractivity contribution < 1.29 is 44.1 Å². The number of thiol groups is 1. The molecular weight excluding hydrogens is 684 g/mol. The molecule has 1 aromatic heterocycles. The van der Waals surface area contributed by atoms with Gasteiger partial charge in [-0.25, -0.2) is 9.78 Å². The number of rotatable bonds is 20. The summed E-state index contributed by atoms with van der Waals surface area (Å²) < 4.78 is 0. The fourth-order valence-electron chi connectivity index (χ4n) is 4.83. The molecule has 1 aromatic carbocycles. The number of carboxylic acids is 1. The molecule has 7 atom stereocenters. The highest BCUT2D eigenvalue weighted by atomic mass is 32.1. The van der Waals surface area contributed by atoms with E-state index in [9.17, 15) is 44.1 Å². The monoisotopic (exact) mass is 734 g/mol. The summed E-state index contributed by atoms with van der Waals surface area (Å²) in [5, 5.41) is 42.2. The van der Waals surface area contributed by atoms with Gasteiger partial charge in [0.1, 0.15) is 36.0 Å². The Hall–Kier alpha value is -4.68. The molecule has 2 aromatic rings. The zero-order chi connectivity index (χ0) is 38.4. The van der Waals surface area contributed by atoms with Crippen LogP contribution in [-0.2, 0) is 41.6 Å². The number of amides is 5. The van der Waals surface area contributed by atoms with Crippen LogP contribution in [0.25, 0.3) is 0 Å². The molecule has 11 N–H and O–H groups in total. The van der Waals surface area contributed by atoms with Crippen LogP contribution in [0, 0.1) is 11.8 Å². The number of aromatic nitrogens is 2. The topological polar surface area (TPSA) is 278 Å². The van der Waals surface area contributed by atoms with E-state index in [1.165, 1.54) is 43.7 Å². The van der Waals surface area contributed by atoms with Crippen LogP contribution in [0.1, 0.15) is 52.3 Å². The number of aromatic amines is 1. The normalized spacial score (nSPS) is 15.4. The maximum absolute atomic E-state index is 13.7. The summed E-state index contributed by atoms with van der Waals surface area (Å²) in [7, 11) is 0. The summed E-state index contributed by atoms with van der Waals surface area (Å²) in [6, 6.07) is -1.94. The van der Waals surface area contributed by atoms with E-state index in [0.29, 0.717) is 11.3 Å². The van der Waals surface area contributed by atoms with Crippen molar-refractivity contribution in [3.63, 3.8) is 0 Å². The smallest absolute Gasteiger partial charge is 0.327 e. The second kappa shape index (κ2) is 20.2. The van der Waals surface area contributed by atoms with Crippen molar-refractivity contribution in [3.05, 3.63) is 48.0 Å². The molecule has 0 aliphatic heterocycles. The fourth-order valence-corrected chi connectivity index (χ4v) is 5.07. The first-order chi connectivity index (χ1) is 23.9. The number of carbonyl (C=O) groups excluding carboxylic acids is 5. The molecule has 51 heavy (non-hydrogen) atoms. The lowest BCUT2D eigenvalue weighted by molar-refractivity contribution is -0.141. The first-order valence-corrected chi connectivity index (χ1v) is 17.1. The molecule has 0 spiro atoms. The number of imidazole rings is 1. The van der Waals surface area contributed by atoms with E-state index in [1.807, 2.05) is 0 Å². The highest BCUT2D eigenvalue weighted by Gasteiger charge is 2.35. The minimum absolute atomic E-state index is 0.00243. The minimum atomic E-state index is -1.62. The molecule has 1 heterocycles. The van der Waals surface area contributed by atoms with Crippen LogP contribution >= 0.6 is 12.6 Å². The quantitative estimate of drug-likeness (QED) is 0.0715. The molecule has 282 valence electrons. The standard InChI is InChI=1S/C33H50N8O9S/c1-16(2)10-22(37-29(45)24(12-20-13-35-15-36-20)38-31(47)26(34)17(3)4)30(46)41-27(18(5)42)32(48)39-23(11-19-6-8-21(43)9-7-19)28(44)40-25(14-51)33(49)50/h6-9,13,15-18,22-27,42-43,51H,10-12,14,34H2,1-5H3,(H,35,36)(H,37,45)(H,38,47)(H,39,48)(H,40,44)(H,41,46)(H,49,50). The number of nitrogens with zero attached hydrogens (tertiary/aromatic N) is 1. The van der Waals surface area contributed by atoms with E-state index in [1.54, 1.807) is 27.7 Å². The second-order valence-corrected chi connectivity index (χ2v) is 13.4. The Kier molecular flexibility index (Phi) is 16.9. The number of nitrogens with two attached hydrogens (primary N) is 1. The molecule has 0 aliphatic rings. The maximum Gasteiger partial charge on any atom is 0.327 e. The molecule has 0 saturated heterocycles. The molecule has 17 nitrogen and oxygen atoms in total. The van der Waals surface area contributed by atoms with E-state index in [4.69, 9.17) is 5.73 Å². The third kappa shape index (κ3) is 13.9. The largest absolute Gasteiger partial charge is 0.508 e. The predicted octanol–water partition coefficient (Wildman–Crippen LogP) is -1.25. The molecular formula is C33H50N8O9S. The molecule has 0 fully saturated rings. The highest BCUT2D eigenvalue weighted by Crippen LogP contribution is 2.13. The summed E-state index contributed by atoms with van der Waals surface area (Å²) in [6.07, 6.45) is 1.36. The van der Waals surface area contributed by atoms with Gasteiger partial charge in [-0.2, -0.15) is 12.6 Å². The summed E-state index contributed by atoms with van der Waals surface area (Å²) in [5.74, 6) is -5.96. The summed E-state index contributed by atoms with van der Waals surface area (Å²) in [5.41, 5.74) is 7.02. The lowest BCUT2D eigenvalue weighted by Crippen LogP contribution is -2.62. The van der Waals surface area contributed by atoms with E-state index in [-0.39, 0.29) is 42.6 Å². The Balaban J connectivity index is 2.31. The SMILES string of the molecule is CC(C)CC(NC(=O)C(Cc1cnc[nH]1)NC(=O)C(N)C(C)C)C(=O)NC(C(=O)NC(Cc1ccc(O)cc1)C(=O)NC(CS)C(=O)O)C(C)O. The first-order valence-electron chi connectivity index (χ1n) is 16.5. The maximum atomic E-state index is 13.7. The number of benzene rings is 1. The third-order valence-electron chi connectivity index (χ3n) is 7.84. The molecule has 0 saturated carbocycles. The number of carboxylic acid groups (broad SMARTS) is 1. The number of H-pyrrole nitrogens is 1. The van der Waals surface area contributed by atoms with Crippen molar-refractivity contribution in [1.29, 1.82) is 0 Å². The zero-order valence-electron chi connectivity index (χ0n) is 29.3. The molecule has 2 rings (SSSR count). The number of aliphatic hydroxyl groups excluding tert-OH is 1. The summed E-state index contributed by atoms with van der Waals surface area (Å²) in [6.45, 7) is 8.35. The van der Waals surface area contributed by atoms with Crippen molar-refractivity contribution in [2.24, 2.45) is 17.6 Å². The average Bonchev–Trinajstić information content (AvgIpc) is 3.58. The van der Waals surface area contributed by atoms with Crippen LogP contribution in [-0.4, -0.2) is 109 Å². The van der Waals surface area contributed by atoms with Crippen LogP contribution in [0.5, 0.6) is 5.75 Å². The third-order valence-corrected chi connectivity index (χ3v) is 8.21. The van der Waals surface area contributed by atoms with Gasteiger partial charge in [0, 0.05) is 30.5 Å².